The van der Waals surface area contributed by atoms with E-state index >= 15 is 0 Å². The van der Waals surface area contributed by atoms with Gasteiger partial charge >= 0.3 is 0 Å². The highest BCUT2D eigenvalue weighted by Crippen LogP contribution is 2.48. The van der Waals surface area contributed by atoms with E-state index in [-0.39, 0.29) is 0 Å². The minimum atomic E-state index is 0.474. The summed E-state index contributed by atoms with van der Waals surface area (Å²) < 4.78 is 0. The van der Waals surface area contributed by atoms with Gasteiger partial charge in [-0.15, -0.1) is 0 Å². The summed E-state index contributed by atoms with van der Waals surface area (Å²) in [5, 5.41) is 0.977. The summed E-state index contributed by atoms with van der Waals surface area (Å²) in [5.74, 6) is 1.00. The van der Waals surface area contributed by atoms with Gasteiger partial charge in [0.15, 0.2) is 0 Å². The largest absolute Gasteiger partial charge is 0.293 e. The minimum Gasteiger partial charge on any atom is -0.293 e. The van der Waals surface area contributed by atoms with Gasteiger partial charge in [0, 0.05) is 29.6 Å². The lowest BCUT2D eigenvalue weighted by Crippen LogP contribution is -2.13. The molecule has 88 valence electrons. The third kappa shape index (κ3) is 1.66. The first-order valence-electron chi connectivity index (χ1n) is 6.13. The molecular formula is C14H20ClN. The Morgan fingerprint density at radius 2 is 1.94 bits per heavy atom. The number of rotatable bonds is 0. The number of hydrogen-bond acceptors (Lipinski definition) is 1. The molecule has 0 amide bonds. The Morgan fingerprint density at radius 1 is 1.25 bits per heavy atom. The Labute approximate surface area is 103 Å². The van der Waals surface area contributed by atoms with Gasteiger partial charge in [-0.2, -0.15) is 0 Å². The average Bonchev–Trinajstić information content (AvgIpc) is 2.51. The van der Waals surface area contributed by atoms with E-state index in [2.05, 4.69) is 18.8 Å². The van der Waals surface area contributed by atoms with Crippen LogP contribution in [0.25, 0.3) is 0 Å². The zero-order chi connectivity index (χ0) is 11.9. The van der Waals surface area contributed by atoms with Gasteiger partial charge in [-0.25, -0.2) is 0 Å². The van der Waals surface area contributed by atoms with E-state index in [0.29, 0.717) is 11.8 Å². The zero-order valence-electron chi connectivity index (χ0n) is 10.6. The van der Waals surface area contributed by atoms with Crippen molar-refractivity contribution in [3.8, 4) is 0 Å². The van der Waals surface area contributed by atoms with E-state index in [0.717, 1.165) is 11.5 Å². The van der Waals surface area contributed by atoms with Gasteiger partial charge in [-0.1, -0.05) is 31.0 Å². The Kier molecular flexibility index (Phi) is 3.25. The van der Waals surface area contributed by atoms with E-state index in [9.17, 15) is 0 Å². The molecule has 0 saturated heterocycles. The Hall–Kier alpha value is -0.560. The molecule has 0 saturated carbocycles. The zero-order valence-corrected chi connectivity index (χ0v) is 11.4. The maximum atomic E-state index is 6.24. The molecule has 1 nitrogen and oxygen atoms in total. The molecule has 0 aromatic carbocycles. The third-order valence-electron chi connectivity index (χ3n) is 4.07. The molecule has 0 bridgehead atoms. The summed E-state index contributed by atoms with van der Waals surface area (Å²) in [6.45, 7) is 6.58. The van der Waals surface area contributed by atoms with Crippen LogP contribution in [0.5, 0.6) is 0 Å². The van der Waals surface area contributed by atoms with Gasteiger partial charge in [-0.05, 0) is 37.3 Å². The number of hydrogen-bond donors (Lipinski definition) is 0. The fourth-order valence-electron chi connectivity index (χ4n) is 3.43. The van der Waals surface area contributed by atoms with Crippen LogP contribution in [0.15, 0.2) is 26.7 Å². The summed E-state index contributed by atoms with van der Waals surface area (Å²) in [5.41, 5.74) is 5.81. The van der Waals surface area contributed by atoms with Gasteiger partial charge in [0.05, 0.1) is 0 Å². The topological polar surface area (TPSA) is 12.4 Å². The van der Waals surface area contributed by atoms with E-state index in [4.69, 9.17) is 11.6 Å². The Morgan fingerprint density at radius 3 is 2.50 bits per heavy atom. The molecule has 2 aliphatic carbocycles. The van der Waals surface area contributed by atoms with Crippen molar-refractivity contribution >= 4 is 17.3 Å². The maximum Gasteiger partial charge on any atom is 0.0382 e. The second kappa shape index (κ2) is 4.37. The van der Waals surface area contributed by atoms with Gasteiger partial charge < -0.3 is 0 Å². The molecule has 0 aromatic rings. The van der Waals surface area contributed by atoms with Crippen molar-refractivity contribution < 1.29 is 0 Å². The number of halogens is 1. The molecule has 2 aliphatic rings. The summed E-state index contributed by atoms with van der Waals surface area (Å²) in [6, 6.07) is 0. The van der Waals surface area contributed by atoms with Crippen LogP contribution in [-0.2, 0) is 0 Å². The number of nitrogens with zero attached hydrogens (tertiary/aromatic N) is 1. The Bertz CT molecular complexity index is 397. The van der Waals surface area contributed by atoms with Crippen molar-refractivity contribution in [2.24, 2.45) is 16.8 Å². The van der Waals surface area contributed by atoms with E-state index in [1.165, 1.54) is 29.7 Å². The first-order valence-corrected chi connectivity index (χ1v) is 6.50. The van der Waals surface area contributed by atoms with Crippen molar-refractivity contribution in [3.63, 3.8) is 0 Å². The Balaban J connectivity index is 2.51. The molecular weight excluding hydrogens is 218 g/mol. The molecule has 16 heavy (non-hydrogen) atoms. The standard InChI is InChI=1S/C14H20ClN/c1-8-11-6-5-7-12(16-4)14(11)9(2)13(8)10(3)15/h8-9H,5-7H2,1-4H3/b13-10+,16-12?. The fraction of sp³-hybridized carbons (Fsp3) is 0.643. The molecule has 0 heterocycles. The van der Waals surface area contributed by atoms with Crippen molar-refractivity contribution in [3.05, 3.63) is 21.8 Å². The van der Waals surface area contributed by atoms with Crippen LogP contribution in [-0.4, -0.2) is 12.8 Å². The molecule has 0 fully saturated rings. The molecule has 0 radical (unpaired) electrons. The SMILES string of the molecule is CN=C1CCCC2=C1C(C)/C(=C(\C)Cl)C2C. The first kappa shape index (κ1) is 11.9. The predicted octanol–water partition coefficient (Wildman–Crippen LogP) is 4.34. The van der Waals surface area contributed by atoms with Crippen LogP contribution in [0.3, 0.4) is 0 Å². The summed E-state index contributed by atoms with van der Waals surface area (Å²) in [6.07, 6.45) is 3.62. The van der Waals surface area contributed by atoms with E-state index < -0.39 is 0 Å². The van der Waals surface area contributed by atoms with E-state index in [1.807, 2.05) is 14.0 Å². The summed E-state index contributed by atoms with van der Waals surface area (Å²) >= 11 is 6.24. The summed E-state index contributed by atoms with van der Waals surface area (Å²) in [4.78, 5) is 4.46. The highest BCUT2D eigenvalue weighted by Gasteiger charge is 2.37. The van der Waals surface area contributed by atoms with Crippen LogP contribution >= 0.6 is 11.6 Å². The smallest absolute Gasteiger partial charge is 0.0382 e. The monoisotopic (exact) mass is 237 g/mol. The lowest BCUT2D eigenvalue weighted by Gasteiger charge is -2.19. The van der Waals surface area contributed by atoms with Gasteiger partial charge in [0.2, 0.25) is 0 Å². The number of aliphatic imine (C=N–C) groups is 1. The molecule has 2 atom stereocenters. The average molecular weight is 238 g/mol. The van der Waals surface area contributed by atoms with Crippen molar-refractivity contribution in [2.75, 3.05) is 7.05 Å². The van der Waals surface area contributed by atoms with Crippen molar-refractivity contribution in [2.45, 2.75) is 40.0 Å². The predicted molar refractivity (Wildman–Crippen MR) is 71.1 cm³/mol. The van der Waals surface area contributed by atoms with Crippen LogP contribution in [0.1, 0.15) is 40.0 Å². The minimum absolute atomic E-state index is 0.474. The first-order chi connectivity index (χ1) is 7.57. The van der Waals surface area contributed by atoms with Crippen molar-refractivity contribution in [1.29, 1.82) is 0 Å². The molecule has 2 unspecified atom stereocenters. The lowest BCUT2D eigenvalue weighted by atomic mass is 9.87. The highest BCUT2D eigenvalue weighted by atomic mass is 35.5. The molecule has 2 heteroatoms. The fourth-order valence-corrected chi connectivity index (χ4v) is 3.75. The highest BCUT2D eigenvalue weighted by molar-refractivity contribution is 6.29. The maximum absolute atomic E-state index is 6.24. The second-order valence-corrected chi connectivity index (χ2v) is 5.46. The molecule has 0 N–H and O–H groups in total. The van der Waals surface area contributed by atoms with Gasteiger partial charge in [-0.3, -0.25) is 4.99 Å². The number of allylic oxidation sites excluding steroid dienone is 4. The van der Waals surface area contributed by atoms with Gasteiger partial charge in [0.25, 0.3) is 0 Å². The van der Waals surface area contributed by atoms with Crippen LogP contribution < -0.4 is 0 Å². The lowest BCUT2D eigenvalue weighted by molar-refractivity contribution is 0.709. The molecule has 0 aliphatic heterocycles. The molecule has 0 spiro atoms. The van der Waals surface area contributed by atoms with Crippen LogP contribution in [0, 0.1) is 11.8 Å². The van der Waals surface area contributed by atoms with Crippen LogP contribution in [0.2, 0.25) is 0 Å². The summed E-state index contributed by atoms with van der Waals surface area (Å²) in [7, 11) is 1.91. The molecule has 0 aromatic heterocycles. The molecule has 2 rings (SSSR count). The van der Waals surface area contributed by atoms with Gasteiger partial charge in [0.1, 0.15) is 0 Å². The third-order valence-corrected chi connectivity index (χ3v) is 4.29. The van der Waals surface area contributed by atoms with E-state index in [1.54, 1.807) is 5.57 Å². The van der Waals surface area contributed by atoms with Crippen LogP contribution in [0.4, 0.5) is 0 Å². The second-order valence-electron chi connectivity index (χ2n) is 4.89. The van der Waals surface area contributed by atoms with Crippen molar-refractivity contribution in [1.82, 2.24) is 0 Å². The normalized spacial score (nSPS) is 35.7. The quantitative estimate of drug-likeness (QED) is 0.595.